The molecular weight excluding hydrogens is 260 g/mol. The van der Waals surface area contributed by atoms with Crippen molar-refractivity contribution in [3.05, 3.63) is 59.4 Å². The van der Waals surface area contributed by atoms with Crippen LogP contribution >= 0.6 is 0 Å². The topological polar surface area (TPSA) is 50.9 Å². The summed E-state index contributed by atoms with van der Waals surface area (Å²) in [5.74, 6) is -0.886. The van der Waals surface area contributed by atoms with Crippen molar-refractivity contribution in [3.8, 4) is 0 Å². The van der Waals surface area contributed by atoms with Crippen LogP contribution in [0.1, 0.15) is 24.1 Å². The van der Waals surface area contributed by atoms with E-state index in [9.17, 15) is 8.78 Å². The zero-order valence-electron chi connectivity index (χ0n) is 11.2. The van der Waals surface area contributed by atoms with Gasteiger partial charge in [0.2, 0.25) is 0 Å². The Labute approximate surface area is 116 Å². The number of nitrogens with one attached hydrogen (secondary N) is 1. The molecule has 0 aliphatic rings. The first-order valence-electron chi connectivity index (χ1n) is 6.48. The van der Waals surface area contributed by atoms with E-state index in [1.54, 1.807) is 18.5 Å². The molecule has 1 aromatic carbocycles. The number of nitrogens with two attached hydrogens (primary N) is 1. The number of pyridine rings is 1. The minimum Gasteiger partial charge on any atom is -0.398 e. The SMILES string of the molecule is CCNC(Cc1cnccc1N)c1cc(F)ccc1F. The second-order valence-corrected chi connectivity index (χ2v) is 4.55. The lowest BCUT2D eigenvalue weighted by Gasteiger charge is -2.20. The van der Waals surface area contributed by atoms with E-state index >= 15 is 0 Å². The summed E-state index contributed by atoms with van der Waals surface area (Å²) in [6.45, 7) is 2.55. The van der Waals surface area contributed by atoms with E-state index in [2.05, 4.69) is 10.3 Å². The molecular formula is C15H17F2N3. The molecule has 3 nitrogen and oxygen atoms in total. The van der Waals surface area contributed by atoms with Gasteiger partial charge in [-0.05, 0) is 42.8 Å². The number of benzene rings is 1. The van der Waals surface area contributed by atoms with Crippen molar-refractivity contribution in [2.45, 2.75) is 19.4 Å². The second kappa shape index (κ2) is 6.43. The first-order chi connectivity index (χ1) is 9.61. The molecule has 0 spiro atoms. The molecule has 1 unspecified atom stereocenters. The summed E-state index contributed by atoms with van der Waals surface area (Å²) in [4.78, 5) is 4.02. The second-order valence-electron chi connectivity index (χ2n) is 4.55. The number of rotatable bonds is 5. The van der Waals surface area contributed by atoms with Gasteiger partial charge in [-0.15, -0.1) is 0 Å². The maximum Gasteiger partial charge on any atom is 0.128 e. The molecule has 1 aromatic heterocycles. The third-order valence-electron chi connectivity index (χ3n) is 3.15. The first kappa shape index (κ1) is 14.4. The van der Waals surface area contributed by atoms with Crippen molar-refractivity contribution >= 4 is 5.69 Å². The van der Waals surface area contributed by atoms with Gasteiger partial charge >= 0.3 is 0 Å². The van der Waals surface area contributed by atoms with Gasteiger partial charge < -0.3 is 11.1 Å². The molecule has 0 radical (unpaired) electrons. The molecule has 106 valence electrons. The largest absolute Gasteiger partial charge is 0.398 e. The zero-order chi connectivity index (χ0) is 14.5. The quantitative estimate of drug-likeness (QED) is 0.883. The third kappa shape index (κ3) is 3.30. The van der Waals surface area contributed by atoms with Crippen molar-refractivity contribution in [1.29, 1.82) is 0 Å². The maximum absolute atomic E-state index is 13.9. The number of hydrogen-bond acceptors (Lipinski definition) is 3. The van der Waals surface area contributed by atoms with Crippen LogP contribution in [0.15, 0.2) is 36.7 Å². The minimum absolute atomic E-state index is 0.301. The summed E-state index contributed by atoms with van der Waals surface area (Å²) in [7, 11) is 0. The average Bonchev–Trinajstić information content (AvgIpc) is 2.43. The van der Waals surface area contributed by atoms with Gasteiger partial charge in [-0.3, -0.25) is 4.98 Å². The summed E-state index contributed by atoms with van der Waals surface area (Å²) >= 11 is 0. The molecule has 0 fully saturated rings. The monoisotopic (exact) mass is 277 g/mol. The highest BCUT2D eigenvalue weighted by Crippen LogP contribution is 2.24. The molecule has 0 saturated heterocycles. The molecule has 0 bridgehead atoms. The zero-order valence-corrected chi connectivity index (χ0v) is 11.2. The van der Waals surface area contributed by atoms with E-state index in [1.165, 1.54) is 6.07 Å². The van der Waals surface area contributed by atoms with Crippen LogP contribution in [0.4, 0.5) is 14.5 Å². The molecule has 1 heterocycles. The smallest absolute Gasteiger partial charge is 0.128 e. The predicted molar refractivity (Wildman–Crippen MR) is 75.1 cm³/mol. The van der Waals surface area contributed by atoms with Crippen LogP contribution in [0.3, 0.4) is 0 Å². The number of nitrogens with zero attached hydrogens (tertiary/aromatic N) is 1. The van der Waals surface area contributed by atoms with Gasteiger partial charge in [0.25, 0.3) is 0 Å². The third-order valence-corrected chi connectivity index (χ3v) is 3.15. The molecule has 20 heavy (non-hydrogen) atoms. The van der Waals surface area contributed by atoms with Crippen molar-refractivity contribution in [1.82, 2.24) is 10.3 Å². The standard InChI is InChI=1S/C15H17F2N3/c1-2-20-15(7-10-9-19-6-5-14(10)18)12-8-11(16)3-4-13(12)17/h3-6,8-9,15,20H,2,7H2,1H3,(H2,18,19). The fourth-order valence-electron chi connectivity index (χ4n) is 2.15. The summed E-state index contributed by atoms with van der Waals surface area (Å²) in [5.41, 5.74) is 7.58. The summed E-state index contributed by atoms with van der Waals surface area (Å²) < 4.78 is 27.2. The Morgan fingerprint density at radius 1 is 1.30 bits per heavy atom. The van der Waals surface area contributed by atoms with Gasteiger partial charge in [0.05, 0.1) is 0 Å². The van der Waals surface area contributed by atoms with Crippen LogP contribution in [0.5, 0.6) is 0 Å². The Morgan fingerprint density at radius 3 is 2.80 bits per heavy atom. The summed E-state index contributed by atoms with van der Waals surface area (Å²) in [6.07, 6.45) is 3.70. The lowest BCUT2D eigenvalue weighted by molar-refractivity contribution is 0.502. The molecule has 3 N–H and O–H groups in total. The number of aromatic nitrogens is 1. The van der Waals surface area contributed by atoms with Gasteiger partial charge in [0.15, 0.2) is 0 Å². The Morgan fingerprint density at radius 2 is 2.10 bits per heavy atom. The van der Waals surface area contributed by atoms with Crippen LogP contribution in [-0.2, 0) is 6.42 Å². The van der Waals surface area contributed by atoms with Crippen LogP contribution in [0, 0.1) is 11.6 Å². The Balaban J connectivity index is 2.32. The summed E-state index contributed by atoms with van der Waals surface area (Å²) in [6, 6.07) is 4.82. The van der Waals surface area contributed by atoms with E-state index in [0.29, 0.717) is 24.2 Å². The van der Waals surface area contributed by atoms with E-state index in [4.69, 9.17) is 5.73 Å². The van der Waals surface area contributed by atoms with Crippen molar-refractivity contribution in [2.24, 2.45) is 0 Å². The van der Waals surface area contributed by atoms with E-state index in [1.807, 2.05) is 6.92 Å². The molecule has 0 saturated carbocycles. The Kier molecular flexibility index (Phi) is 4.63. The highest BCUT2D eigenvalue weighted by atomic mass is 19.1. The normalized spacial score (nSPS) is 12.3. The van der Waals surface area contributed by atoms with Crippen LogP contribution in [0.25, 0.3) is 0 Å². The highest BCUT2D eigenvalue weighted by Gasteiger charge is 2.17. The van der Waals surface area contributed by atoms with E-state index in [-0.39, 0.29) is 6.04 Å². The number of nitrogen functional groups attached to an aromatic ring is 1. The van der Waals surface area contributed by atoms with Gasteiger partial charge in [-0.25, -0.2) is 8.78 Å². The number of likely N-dealkylation sites (N-methyl/N-ethyl adjacent to an activating group) is 1. The van der Waals surface area contributed by atoms with Crippen LogP contribution < -0.4 is 11.1 Å². The Bertz CT molecular complexity index is 587. The maximum atomic E-state index is 13.9. The molecule has 1 atom stereocenters. The molecule has 0 amide bonds. The summed E-state index contributed by atoms with van der Waals surface area (Å²) in [5, 5.41) is 3.15. The van der Waals surface area contributed by atoms with Crippen LogP contribution in [0.2, 0.25) is 0 Å². The van der Waals surface area contributed by atoms with E-state index in [0.717, 1.165) is 17.7 Å². The lowest BCUT2D eigenvalue weighted by Crippen LogP contribution is -2.24. The van der Waals surface area contributed by atoms with Gasteiger partial charge in [-0.2, -0.15) is 0 Å². The molecule has 2 aromatic rings. The average molecular weight is 277 g/mol. The Hall–Kier alpha value is -2.01. The van der Waals surface area contributed by atoms with E-state index < -0.39 is 11.6 Å². The van der Waals surface area contributed by atoms with Crippen molar-refractivity contribution in [2.75, 3.05) is 12.3 Å². The fraction of sp³-hybridized carbons (Fsp3) is 0.267. The van der Waals surface area contributed by atoms with Gasteiger partial charge in [-0.1, -0.05) is 6.92 Å². The highest BCUT2D eigenvalue weighted by molar-refractivity contribution is 5.45. The molecule has 0 aliphatic heterocycles. The fourth-order valence-corrected chi connectivity index (χ4v) is 2.15. The number of halogens is 2. The number of anilines is 1. The number of hydrogen-bond donors (Lipinski definition) is 2. The van der Waals surface area contributed by atoms with Gasteiger partial charge in [0.1, 0.15) is 11.6 Å². The van der Waals surface area contributed by atoms with Gasteiger partial charge in [0, 0.05) is 29.7 Å². The minimum atomic E-state index is -0.455. The van der Waals surface area contributed by atoms with Crippen LogP contribution in [-0.4, -0.2) is 11.5 Å². The lowest BCUT2D eigenvalue weighted by atomic mass is 9.98. The molecule has 5 heteroatoms. The van der Waals surface area contributed by atoms with Crippen molar-refractivity contribution < 1.29 is 8.78 Å². The van der Waals surface area contributed by atoms with Crippen molar-refractivity contribution in [3.63, 3.8) is 0 Å². The first-order valence-corrected chi connectivity index (χ1v) is 6.48. The predicted octanol–water partition coefficient (Wildman–Crippen LogP) is 2.84. The molecule has 0 aliphatic carbocycles. The molecule has 2 rings (SSSR count).